The molecular formula is C18H24N4O2S. The van der Waals surface area contributed by atoms with Gasteiger partial charge in [-0.25, -0.2) is 0 Å². The summed E-state index contributed by atoms with van der Waals surface area (Å²) in [6, 6.07) is 6.16. The summed E-state index contributed by atoms with van der Waals surface area (Å²) >= 11 is 1.65. The first-order chi connectivity index (χ1) is 12.2. The predicted octanol–water partition coefficient (Wildman–Crippen LogP) is 2.72. The van der Waals surface area contributed by atoms with E-state index in [9.17, 15) is 0 Å². The van der Waals surface area contributed by atoms with Crippen LogP contribution in [-0.4, -0.2) is 45.8 Å². The van der Waals surface area contributed by atoms with Crippen molar-refractivity contribution in [3.8, 4) is 11.5 Å². The highest BCUT2D eigenvalue weighted by Gasteiger charge is 2.24. The second kappa shape index (κ2) is 7.25. The van der Waals surface area contributed by atoms with E-state index in [1.807, 2.05) is 18.4 Å². The Kier molecular flexibility index (Phi) is 4.85. The smallest absolute Gasteiger partial charge is 0.231 e. The first-order valence-corrected chi connectivity index (χ1v) is 9.99. The zero-order chi connectivity index (χ0) is 17.2. The second-order valence-corrected chi connectivity index (χ2v) is 7.51. The molecule has 4 rings (SSSR count). The van der Waals surface area contributed by atoms with Crippen molar-refractivity contribution in [2.75, 3.05) is 26.1 Å². The van der Waals surface area contributed by atoms with Crippen molar-refractivity contribution in [3.63, 3.8) is 0 Å². The molecule has 0 spiro atoms. The summed E-state index contributed by atoms with van der Waals surface area (Å²) in [7, 11) is 2.06. The minimum absolute atomic E-state index is 0.337. The standard InChI is InChI=1S/C18H24N4O2S/c1-21-16(19-20-18(21)25-2)10-13-6-8-22(9-7-13)11-14-4-3-5-15-17(14)24-12-23-15/h3-5,13H,6-12H2,1-2H3. The van der Waals surface area contributed by atoms with Crippen LogP contribution in [0.4, 0.5) is 0 Å². The zero-order valence-corrected chi connectivity index (χ0v) is 15.6. The molecule has 6 nitrogen and oxygen atoms in total. The molecule has 1 saturated heterocycles. The van der Waals surface area contributed by atoms with Crippen molar-refractivity contribution < 1.29 is 9.47 Å². The Balaban J connectivity index is 1.33. The second-order valence-electron chi connectivity index (χ2n) is 6.74. The number of rotatable bonds is 5. The van der Waals surface area contributed by atoms with Gasteiger partial charge in [0.2, 0.25) is 6.79 Å². The predicted molar refractivity (Wildman–Crippen MR) is 97.1 cm³/mol. The number of aromatic nitrogens is 3. The molecule has 2 aliphatic rings. The molecule has 0 aliphatic carbocycles. The lowest BCUT2D eigenvalue weighted by Gasteiger charge is -2.32. The lowest BCUT2D eigenvalue weighted by Crippen LogP contribution is -2.34. The van der Waals surface area contributed by atoms with Crippen molar-refractivity contribution >= 4 is 11.8 Å². The normalized spacial score (nSPS) is 18.0. The van der Waals surface area contributed by atoms with Crippen molar-refractivity contribution in [1.82, 2.24) is 19.7 Å². The van der Waals surface area contributed by atoms with Gasteiger partial charge >= 0.3 is 0 Å². The molecule has 3 heterocycles. The van der Waals surface area contributed by atoms with Crippen LogP contribution in [0.3, 0.4) is 0 Å². The average molecular weight is 360 g/mol. The number of thioether (sulfide) groups is 1. The number of piperidine rings is 1. The van der Waals surface area contributed by atoms with Gasteiger partial charge in [-0.3, -0.25) is 4.90 Å². The van der Waals surface area contributed by atoms with Gasteiger partial charge in [0, 0.05) is 25.6 Å². The molecule has 1 aromatic carbocycles. The van der Waals surface area contributed by atoms with E-state index in [1.165, 1.54) is 18.4 Å². The Hall–Kier alpha value is -1.73. The van der Waals surface area contributed by atoms with Gasteiger partial charge in [0.05, 0.1) is 0 Å². The van der Waals surface area contributed by atoms with Crippen molar-refractivity contribution in [3.05, 3.63) is 29.6 Å². The number of hydrogen-bond donors (Lipinski definition) is 0. The minimum atomic E-state index is 0.337. The zero-order valence-electron chi connectivity index (χ0n) is 14.8. The summed E-state index contributed by atoms with van der Waals surface area (Å²) < 4.78 is 13.2. The molecule has 2 aromatic rings. The van der Waals surface area contributed by atoms with Crippen LogP contribution in [0.2, 0.25) is 0 Å². The molecule has 25 heavy (non-hydrogen) atoms. The maximum atomic E-state index is 5.63. The Morgan fingerprint density at radius 2 is 2.04 bits per heavy atom. The third kappa shape index (κ3) is 3.48. The van der Waals surface area contributed by atoms with Gasteiger partial charge in [-0.2, -0.15) is 0 Å². The first kappa shape index (κ1) is 16.7. The first-order valence-electron chi connectivity index (χ1n) is 8.76. The lowest BCUT2D eigenvalue weighted by molar-refractivity contribution is 0.163. The molecule has 134 valence electrons. The van der Waals surface area contributed by atoms with Crippen LogP contribution in [0.1, 0.15) is 24.2 Å². The summed E-state index contributed by atoms with van der Waals surface area (Å²) in [6.07, 6.45) is 5.47. The van der Waals surface area contributed by atoms with Crippen LogP contribution < -0.4 is 9.47 Å². The van der Waals surface area contributed by atoms with Gasteiger partial charge in [-0.1, -0.05) is 23.9 Å². The fourth-order valence-corrected chi connectivity index (χ4v) is 4.17. The van der Waals surface area contributed by atoms with E-state index in [1.54, 1.807) is 11.8 Å². The van der Waals surface area contributed by atoms with Crippen LogP contribution >= 0.6 is 11.8 Å². The van der Waals surface area contributed by atoms with E-state index in [4.69, 9.17) is 9.47 Å². The van der Waals surface area contributed by atoms with E-state index in [-0.39, 0.29) is 0 Å². The third-order valence-corrected chi connectivity index (χ3v) is 5.88. The van der Waals surface area contributed by atoms with Gasteiger partial charge in [0.1, 0.15) is 5.82 Å². The maximum Gasteiger partial charge on any atom is 0.231 e. The summed E-state index contributed by atoms with van der Waals surface area (Å²) in [6.45, 7) is 3.49. The number of ether oxygens (including phenoxy) is 2. The van der Waals surface area contributed by atoms with Gasteiger partial charge in [-0.05, 0) is 44.2 Å². The number of likely N-dealkylation sites (tertiary alicyclic amines) is 1. The molecule has 1 aromatic heterocycles. The number of fused-ring (bicyclic) bond motifs is 1. The van der Waals surface area contributed by atoms with E-state index >= 15 is 0 Å². The van der Waals surface area contributed by atoms with E-state index in [0.29, 0.717) is 12.7 Å². The van der Waals surface area contributed by atoms with Gasteiger partial charge < -0.3 is 14.0 Å². The monoisotopic (exact) mass is 360 g/mol. The number of para-hydroxylation sites is 1. The van der Waals surface area contributed by atoms with Crippen LogP contribution in [-0.2, 0) is 20.0 Å². The highest BCUT2D eigenvalue weighted by Crippen LogP contribution is 2.36. The minimum Gasteiger partial charge on any atom is -0.454 e. The molecule has 0 bridgehead atoms. The molecular weight excluding hydrogens is 336 g/mol. The van der Waals surface area contributed by atoms with E-state index in [2.05, 4.69) is 32.8 Å². The topological polar surface area (TPSA) is 52.4 Å². The quantitative estimate of drug-likeness (QED) is 0.764. The van der Waals surface area contributed by atoms with Crippen molar-refractivity contribution in [1.29, 1.82) is 0 Å². The Morgan fingerprint density at radius 3 is 2.80 bits per heavy atom. The summed E-state index contributed by atoms with van der Waals surface area (Å²) in [4.78, 5) is 2.51. The van der Waals surface area contributed by atoms with Crippen LogP contribution in [0.25, 0.3) is 0 Å². The lowest BCUT2D eigenvalue weighted by atomic mass is 9.93. The maximum absolute atomic E-state index is 5.63. The summed E-state index contributed by atoms with van der Waals surface area (Å²) in [5.41, 5.74) is 1.23. The molecule has 0 saturated carbocycles. The molecule has 2 aliphatic heterocycles. The van der Waals surface area contributed by atoms with E-state index in [0.717, 1.165) is 48.5 Å². The molecule has 1 fully saturated rings. The molecule has 7 heteroatoms. The van der Waals surface area contributed by atoms with Crippen molar-refractivity contribution in [2.24, 2.45) is 13.0 Å². The average Bonchev–Trinajstić information content (AvgIpc) is 3.24. The summed E-state index contributed by atoms with van der Waals surface area (Å²) in [5, 5.41) is 9.59. The Labute approximate surface area is 152 Å². The van der Waals surface area contributed by atoms with Crippen LogP contribution in [0, 0.1) is 5.92 Å². The van der Waals surface area contributed by atoms with Gasteiger partial charge in [0.25, 0.3) is 0 Å². The molecule has 0 atom stereocenters. The molecule has 0 N–H and O–H groups in total. The fraction of sp³-hybridized carbons (Fsp3) is 0.556. The largest absolute Gasteiger partial charge is 0.454 e. The molecule has 0 amide bonds. The number of hydrogen-bond acceptors (Lipinski definition) is 6. The van der Waals surface area contributed by atoms with Crippen LogP contribution in [0.15, 0.2) is 23.4 Å². The highest BCUT2D eigenvalue weighted by atomic mass is 32.2. The molecule has 0 radical (unpaired) electrons. The van der Waals surface area contributed by atoms with Crippen molar-refractivity contribution in [2.45, 2.75) is 31.0 Å². The van der Waals surface area contributed by atoms with Gasteiger partial charge in [-0.15, -0.1) is 10.2 Å². The Bertz CT molecular complexity index is 741. The van der Waals surface area contributed by atoms with E-state index < -0.39 is 0 Å². The fourth-order valence-electron chi connectivity index (χ4n) is 3.66. The third-order valence-electron chi connectivity index (χ3n) is 5.16. The summed E-state index contributed by atoms with van der Waals surface area (Å²) in [5.74, 6) is 3.59. The number of nitrogens with zero attached hydrogens (tertiary/aromatic N) is 4. The van der Waals surface area contributed by atoms with Crippen LogP contribution in [0.5, 0.6) is 11.5 Å². The molecule has 0 unspecified atom stereocenters. The highest BCUT2D eigenvalue weighted by molar-refractivity contribution is 7.98. The number of benzene rings is 1. The SMILES string of the molecule is CSc1nnc(CC2CCN(Cc3cccc4c3OCO4)CC2)n1C. The Morgan fingerprint density at radius 1 is 1.20 bits per heavy atom. The van der Waals surface area contributed by atoms with Gasteiger partial charge in [0.15, 0.2) is 16.7 Å².